The Balaban J connectivity index is 1.32. The summed E-state index contributed by atoms with van der Waals surface area (Å²) in [6.07, 6.45) is -0.550. The minimum absolute atomic E-state index is 0.0697. The molecule has 2 atom stereocenters. The highest BCUT2D eigenvalue weighted by Gasteiger charge is 2.40. The predicted octanol–water partition coefficient (Wildman–Crippen LogP) is 6.55. The molecule has 1 aliphatic rings. The molecule has 6 rings (SSSR count). The van der Waals surface area contributed by atoms with Gasteiger partial charge >= 0.3 is 6.09 Å². The van der Waals surface area contributed by atoms with Crippen molar-refractivity contribution in [1.29, 1.82) is 0 Å². The number of hydrogen-bond donors (Lipinski definition) is 0. The minimum Gasteiger partial charge on any atom is -0.497 e. The molecule has 1 saturated heterocycles. The van der Waals surface area contributed by atoms with Gasteiger partial charge in [0.15, 0.2) is 0 Å². The summed E-state index contributed by atoms with van der Waals surface area (Å²) in [5.41, 5.74) is 8.56. The Labute approximate surface area is 262 Å². The van der Waals surface area contributed by atoms with Gasteiger partial charge in [0.1, 0.15) is 23.9 Å². The Morgan fingerprint density at radius 1 is 1.00 bits per heavy atom. The van der Waals surface area contributed by atoms with E-state index in [1.54, 1.807) is 11.8 Å². The van der Waals surface area contributed by atoms with Crippen molar-refractivity contribution >= 4 is 23.0 Å². The molecule has 5 aromatic rings. The van der Waals surface area contributed by atoms with Gasteiger partial charge in [-0.1, -0.05) is 71.9 Å². The number of aryl methyl sites for hydroxylation is 3. The van der Waals surface area contributed by atoms with Crippen LogP contribution in [-0.2, 0) is 34.5 Å². The molecule has 0 bridgehead atoms. The van der Waals surface area contributed by atoms with Crippen molar-refractivity contribution in [3.8, 4) is 5.75 Å². The maximum atomic E-state index is 14.1. The molecule has 0 spiro atoms. The second-order valence-corrected chi connectivity index (χ2v) is 11.4. The van der Waals surface area contributed by atoms with Crippen LogP contribution in [0.5, 0.6) is 5.75 Å². The lowest BCUT2D eigenvalue weighted by molar-refractivity contribution is -0.129. The van der Waals surface area contributed by atoms with Gasteiger partial charge < -0.3 is 14.2 Å². The van der Waals surface area contributed by atoms with Crippen LogP contribution >= 0.6 is 0 Å². The van der Waals surface area contributed by atoms with Gasteiger partial charge in [-0.05, 0) is 71.0 Å². The van der Waals surface area contributed by atoms with Gasteiger partial charge in [0.05, 0.1) is 25.8 Å². The molecular formula is C36H36N4O5. The number of hydrogen-bond acceptors (Lipinski definition) is 7. The van der Waals surface area contributed by atoms with Gasteiger partial charge in [-0.25, -0.2) is 14.4 Å². The maximum Gasteiger partial charge on any atom is 0.417 e. The van der Waals surface area contributed by atoms with Gasteiger partial charge in [-0.3, -0.25) is 4.79 Å². The van der Waals surface area contributed by atoms with E-state index in [1.165, 1.54) is 4.90 Å². The van der Waals surface area contributed by atoms with Crippen LogP contribution in [0.1, 0.15) is 57.3 Å². The van der Waals surface area contributed by atoms with Crippen LogP contribution in [0.3, 0.4) is 0 Å². The third-order valence-electron chi connectivity index (χ3n) is 8.62. The molecule has 1 aromatic heterocycles. The van der Waals surface area contributed by atoms with E-state index in [9.17, 15) is 9.59 Å². The number of carbonyl (C=O) groups is 2. The van der Waals surface area contributed by atoms with Crippen LogP contribution < -0.4 is 4.74 Å². The molecule has 0 unspecified atom stereocenters. The Morgan fingerprint density at radius 2 is 1.78 bits per heavy atom. The van der Waals surface area contributed by atoms with Crippen LogP contribution in [-0.4, -0.2) is 45.6 Å². The fourth-order valence-electron chi connectivity index (χ4n) is 5.99. The molecule has 1 aliphatic heterocycles. The van der Waals surface area contributed by atoms with E-state index in [2.05, 4.69) is 35.4 Å². The van der Waals surface area contributed by atoms with Gasteiger partial charge in [0.2, 0.25) is 5.91 Å². The molecule has 9 heteroatoms. The third-order valence-corrected chi connectivity index (χ3v) is 8.62. The number of carbonyl (C=O) groups excluding carboxylic acids is 2. The smallest absolute Gasteiger partial charge is 0.417 e. The number of imide groups is 1. The Hall–Kier alpha value is -5.02. The van der Waals surface area contributed by atoms with Crippen molar-refractivity contribution < 1.29 is 23.8 Å². The number of amides is 2. The van der Waals surface area contributed by atoms with Gasteiger partial charge in [-0.15, -0.1) is 5.10 Å². The van der Waals surface area contributed by atoms with E-state index in [-0.39, 0.29) is 24.9 Å². The molecule has 0 saturated carbocycles. The Morgan fingerprint density at radius 3 is 2.53 bits per heavy atom. The standard InChI is InChI=1S/C36H36N4O5/c1-23-10-13-27(18-28(23)21-44-20-25-11-14-29(43-4)15-12-25)31(30-16-17-32-35(24(30)2)37-38-39(32)3)19-34(41)40-33(22-45-36(40)42)26-8-6-5-7-9-26/h5-18,31,33H,19-22H2,1-4H3/t31-,33-/m0/s1. The van der Waals surface area contributed by atoms with E-state index in [0.29, 0.717) is 13.2 Å². The first kappa shape index (κ1) is 30.0. The lowest BCUT2D eigenvalue weighted by Crippen LogP contribution is -2.35. The van der Waals surface area contributed by atoms with E-state index in [0.717, 1.165) is 55.7 Å². The van der Waals surface area contributed by atoms with Crippen molar-refractivity contribution in [1.82, 2.24) is 19.9 Å². The summed E-state index contributed by atoms with van der Waals surface area (Å²) >= 11 is 0. The van der Waals surface area contributed by atoms with Crippen molar-refractivity contribution in [2.75, 3.05) is 13.7 Å². The summed E-state index contributed by atoms with van der Waals surface area (Å²) in [6, 6.07) is 27.1. The largest absolute Gasteiger partial charge is 0.497 e. The Bertz CT molecular complexity index is 1830. The summed E-state index contributed by atoms with van der Waals surface area (Å²) in [5.74, 6) is 0.151. The van der Waals surface area contributed by atoms with Crippen molar-refractivity contribution in [2.45, 2.75) is 45.4 Å². The molecule has 4 aromatic carbocycles. The summed E-state index contributed by atoms with van der Waals surface area (Å²) in [5, 5.41) is 8.61. The molecule has 0 radical (unpaired) electrons. The van der Waals surface area contributed by atoms with Crippen LogP contribution in [0.15, 0.2) is 84.9 Å². The molecule has 2 amide bonds. The minimum atomic E-state index is -0.620. The highest BCUT2D eigenvalue weighted by Crippen LogP contribution is 2.37. The normalized spacial score (nSPS) is 15.3. The summed E-state index contributed by atoms with van der Waals surface area (Å²) in [4.78, 5) is 28.2. The quantitative estimate of drug-likeness (QED) is 0.178. The van der Waals surface area contributed by atoms with Gasteiger partial charge in [-0.2, -0.15) is 0 Å². The fourth-order valence-corrected chi connectivity index (χ4v) is 5.99. The number of benzene rings is 4. The predicted molar refractivity (Wildman–Crippen MR) is 170 cm³/mol. The number of cyclic esters (lactones) is 1. The number of ether oxygens (including phenoxy) is 3. The van der Waals surface area contributed by atoms with Crippen molar-refractivity contribution in [2.24, 2.45) is 7.05 Å². The van der Waals surface area contributed by atoms with Crippen molar-refractivity contribution in [3.63, 3.8) is 0 Å². The maximum absolute atomic E-state index is 14.1. The lowest BCUT2D eigenvalue weighted by atomic mass is 9.84. The summed E-state index contributed by atoms with van der Waals surface area (Å²) in [6.45, 7) is 5.05. The Kier molecular flexibility index (Phi) is 8.62. The highest BCUT2D eigenvalue weighted by molar-refractivity contribution is 5.94. The highest BCUT2D eigenvalue weighted by atomic mass is 16.6. The van der Waals surface area contributed by atoms with Gasteiger partial charge in [0.25, 0.3) is 0 Å². The first-order valence-corrected chi connectivity index (χ1v) is 15.0. The zero-order valence-electron chi connectivity index (χ0n) is 25.9. The molecule has 9 nitrogen and oxygen atoms in total. The SMILES string of the molecule is COc1ccc(COCc2cc([C@H](CC(=O)N3C(=O)OC[C@H]3c3ccccc3)c3ccc4c(nnn4C)c3C)ccc2C)cc1. The number of fused-ring (bicyclic) bond motifs is 1. The molecule has 0 aliphatic carbocycles. The average molecular weight is 605 g/mol. The number of rotatable bonds is 10. The number of aromatic nitrogens is 3. The van der Waals surface area contributed by atoms with Crippen LogP contribution in [0.4, 0.5) is 4.79 Å². The number of nitrogens with zero attached hydrogens (tertiary/aromatic N) is 4. The first-order chi connectivity index (χ1) is 21.8. The molecular weight excluding hydrogens is 568 g/mol. The van der Waals surface area contributed by atoms with Gasteiger partial charge in [0, 0.05) is 19.4 Å². The summed E-state index contributed by atoms with van der Waals surface area (Å²) < 4.78 is 18.5. The topological polar surface area (TPSA) is 95.8 Å². The molecule has 45 heavy (non-hydrogen) atoms. The zero-order chi connectivity index (χ0) is 31.5. The molecule has 0 N–H and O–H groups in total. The van der Waals surface area contributed by atoms with E-state index in [1.807, 2.05) is 80.7 Å². The molecule has 1 fully saturated rings. The van der Waals surface area contributed by atoms with E-state index >= 15 is 0 Å². The van der Waals surface area contributed by atoms with E-state index in [4.69, 9.17) is 14.2 Å². The molecule has 2 heterocycles. The fraction of sp³-hybridized carbons (Fsp3) is 0.278. The first-order valence-electron chi connectivity index (χ1n) is 15.0. The van der Waals surface area contributed by atoms with Crippen LogP contribution in [0.2, 0.25) is 0 Å². The van der Waals surface area contributed by atoms with Crippen molar-refractivity contribution in [3.05, 3.63) is 124 Å². The monoisotopic (exact) mass is 604 g/mol. The van der Waals surface area contributed by atoms with Crippen LogP contribution in [0.25, 0.3) is 11.0 Å². The molecule has 230 valence electrons. The second kappa shape index (κ2) is 12.9. The second-order valence-electron chi connectivity index (χ2n) is 11.4. The zero-order valence-corrected chi connectivity index (χ0v) is 25.9. The van der Waals surface area contributed by atoms with E-state index < -0.39 is 12.1 Å². The number of methoxy groups -OCH3 is 1. The third kappa shape index (κ3) is 6.17. The lowest BCUT2D eigenvalue weighted by Gasteiger charge is -2.25. The average Bonchev–Trinajstić information content (AvgIpc) is 3.64. The van der Waals surface area contributed by atoms with Crippen LogP contribution in [0, 0.1) is 13.8 Å². The summed E-state index contributed by atoms with van der Waals surface area (Å²) in [7, 11) is 3.50.